The summed E-state index contributed by atoms with van der Waals surface area (Å²) in [5.41, 5.74) is 2.36. The number of benzene rings is 2. The number of anilines is 1. The fraction of sp³-hybridized carbons (Fsp3) is 0.263. The van der Waals surface area contributed by atoms with Crippen LogP contribution in [0.3, 0.4) is 0 Å². The minimum atomic E-state index is 0.0729. The molecule has 0 aliphatic carbocycles. The normalized spacial score (nSPS) is 19.0. The Labute approximate surface area is 146 Å². The maximum absolute atomic E-state index is 5.46. The van der Waals surface area contributed by atoms with E-state index in [4.69, 9.17) is 9.47 Å². The van der Waals surface area contributed by atoms with Crippen molar-refractivity contribution in [3.05, 3.63) is 66.0 Å². The van der Waals surface area contributed by atoms with E-state index in [-0.39, 0.29) is 12.1 Å². The number of aromatic nitrogens is 3. The highest BCUT2D eigenvalue weighted by Crippen LogP contribution is 2.39. The average Bonchev–Trinajstić information content (AvgIpc) is 3.16. The van der Waals surface area contributed by atoms with Gasteiger partial charge < -0.3 is 14.8 Å². The Morgan fingerprint density at radius 2 is 1.80 bits per heavy atom. The van der Waals surface area contributed by atoms with Crippen molar-refractivity contribution in [2.24, 2.45) is 0 Å². The lowest BCUT2D eigenvalue weighted by Gasteiger charge is -2.32. The second-order valence-electron chi connectivity index (χ2n) is 6.00. The number of hydrogen-bond acceptors (Lipinski definition) is 5. The predicted octanol–water partition coefficient (Wildman–Crippen LogP) is 3.44. The zero-order chi connectivity index (χ0) is 17.2. The SMILES string of the molecule is COc1ccc([C@H]2C[C@H](c3ccccc3)Nc3ncnn32)cc1OC. The molecule has 1 aliphatic heterocycles. The zero-order valence-electron chi connectivity index (χ0n) is 14.2. The first-order valence-corrected chi connectivity index (χ1v) is 8.23. The Morgan fingerprint density at radius 3 is 2.56 bits per heavy atom. The summed E-state index contributed by atoms with van der Waals surface area (Å²) in [6, 6.07) is 16.7. The summed E-state index contributed by atoms with van der Waals surface area (Å²) in [5, 5.41) is 7.89. The molecule has 1 N–H and O–H groups in total. The van der Waals surface area contributed by atoms with Gasteiger partial charge in [0, 0.05) is 0 Å². The third-order valence-corrected chi connectivity index (χ3v) is 4.62. The molecule has 0 amide bonds. The van der Waals surface area contributed by atoms with Gasteiger partial charge in [-0.25, -0.2) is 4.68 Å². The van der Waals surface area contributed by atoms with Crippen LogP contribution >= 0.6 is 0 Å². The van der Waals surface area contributed by atoms with Crippen LogP contribution in [0.4, 0.5) is 5.95 Å². The van der Waals surface area contributed by atoms with Crippen LogP contribution < -0.4 is 14.8 Å². The third-order valence-electron chi connectivity index (χ3n) is 4.62. The number of methoxy groups -OCH3 is 2. The first-order chi connectivity index (χ1) is 12.3. The van der Waals surface area contributed by atoms with Gasteiger partial charge in [-0.2, -0.15) is 10.1 Å². The van der Waals surface area contributed by atoms with E-state index in [2.05, 4.69) is 45.7 Å². The lowest BCUT2D eigenvalue weighted by atomic mass is 9.93. The first kappa shape index (κ1) is 15.5. The highest BCUT2D eigenvalue weighted by Gasteiger charge is 2.30. The molecule has 0 saturated heterocycles. The Morgan fingerprint density at radius 1 is 1.00 bits per heavy atom. The monoisotopic (exact) mass is 336 g/mol. The summed E-state index contributed by atoms with van der Waals surface area (Å²) in [4.78, 5) is 4.37. The molecule has 128 valence electrons. The largest absolute Gasteiger partial charge is 0.493 e. The lowest BCUT2D eigenvalue weighted by molar-refractivity contribution is 0.352. The van der Waals surface area contributed by atoms with Crippen LogP contribution in [0, 0.1) is 0 Å². The molecule has 25 heavy (non-hydrogen) atoms. The van der Waals surface area contributed by atoms with Crippen molar-refractivity contribution in [1.82, 2.24) is 14.8 Å². The molecule has 1 aliphatic rings. The van der Waals surface area contributed by atoms with Crippen LogP contribution in [0.1, 0.15) is 29.6 Å². The fourth-order valence-corrected chi connectivity index (χ4v) is 3.36. The zero-order valence-corrected chi connectivity index (χ0v) is 14.2. The lowest BCUT2D eigenvalue weighted by Crippen LogP contribution is -2.28. The van der Waals surface area contributed by atoms with E-state index in [1.165, 1.54) is 5.56 Å². The maximum atomic E-state index is 5.46. The standard InChI is InChI=1S/C19H20N4O2/c1-24-17-9-8-14(10-18(17)25-2)16-11-15(13-6-4-3-5-7-13)22-19-20-12-21-23(16)19/h3-10,12,15-16H,11H2,1-2H3,(H,20,21,22)/t15-,16-/m1/s1. The molecule has 0 fully saturated rings. The van der Waals surface area contributed by atoms with Gasteiger partial charge in [0.05, 0.1) is 26.3 Å². The summed E-state index contributed by atoms with van der Waals surface area (Å²) >= 11 is 0. The van der Waals surface area contributed by atoms with Crippen molar-refractivity contribution >= 4 is 5.95 Å². The molecular formula is C19H20N4O2. The summed E-state index contributed by atoms with van der Waals surface area (Å²) in [5.74, 6) is 2.22. The van der Waals surface area contributed by atoms with E-state index in [0.29, 0.717) is 0 Å². The number of ether oxygens (including phenoxy) is 2. The van der Waals surface area contributed by atoms with Crippen molar-refractivity contribution in [3.63, 3.8) is 0 Å². The molecule has 2 heterocycles. The van der Waals surface area contributed by atoms with Crippen LogP contribution in [0.5, 0.6) is 11.5 Å². The number of rotatable bonds is 4. The molecule has 0 unspecified atom stereocenters. The summed E-state index contributed by atoms with van der Waals surface area (Å²) < 4.78 is 12.7. The van der Waals surface area contributed by atoms with Crippen molar-refractivity contribution in [2.45, 2.75) is 18.5 Å². The highest BCUT2D eigenvalue weighted by atomic mass is 16.5. The number of hydrogen-bond donors (Lipinski definition) is 1. The van der Waals surface area contributed by atoms with Crippen LogP contribution in [0.25, 0.3) is 0 Å². The Kier molecular flexibility index (Phi) is 4.01. The van der Waals surface area contributed by atoms with Crippen molar-refractivity contribution in [1.29, 1.82) is 0 Å². The van der Waals surface area contributed by atoms with Gasteiger partial charge in [-0.15, -0.1) is 0 Å². The molecule has 1 aromatic heterocycles. The Hall–Kier alpha value is -3.02. The molecule has 3 aromatic rings. The minimum Gasteiger partial charge on any atom is -0.493 e. The highest BCUT2D eigenvalue weighted by molar-refractivity contribution is 5.46. The molecular weight excluding hydrogens is 316 g/mol. The van der Waals surface area contributed by atoms with E-state index in [1.54, 1.807) is 20.5 Å². The number of nitrogens with one attached hydrogen (secondary N) is 1. The van der Waals surface area contributed by atoms with Gasteiger partial charge in [-0.05, 0) is 29.7 Å². The molecule has 6 heteroatoms. The maximum Gasteiger partial charge on any atom is 0.222 e. The molecule has 2 atom stereocenters. The molecule has 4 rings (SSSR count). The quantitative estimate of drug-likeness (QED) is 0.791. The van der Waals surface area contributed by atoms with E-state index in [1.807, 2.05) is 22.9 Å². The third kappa shape index (κ3) is 2.80. The Bertz CT molecular complexity index is 863. The Balaban J connectivity index is 1.73. The average molecular weight is 336 g/mol. The van der Waals surface area contributed by atoms with E-state index in [0.717, 1.165) is 29.4 Å². The summed E-state index contributed by atoms with van der Waals surface area (Å²) in [7, 11) is 3.29. The molecule has 6 nitrogen and oxygen atoms in total. The second kappa shape index (κ2) is 6.47. The fourth-order valence-electron chi connectivity index (χ4n) is 3.36. The van der Waals surface area contributed by atoms with E-state index >= 15 is 0 Å². The van der Waals surface area contributed by atoms with Crippen molar-refractivity contribution in [3.8, 4) is 11.5 Å². The van der Waals surface area contributed by atoms with Gasteiger partial charge in [0.15, 0.2) is 11.5 Å². The predicted molar refractivity (Wildman–Crippen MR) is 95.1 cm³/mol. The molecule has 0 saturated carbocycles. The summed E-state index contributed by atoms with van der Waals surface area (Å²) in [6.07, 6.45) is 2.46. The van der Waals surface area contributed by atoms with Crippen LogP contribution in [-0.2, 0) is 0 Å². The number of nitrogens with zero attached hydrogens (tertiary/aromatic N) is 3. The first-order valence-electron chi connectivity index (χ1n) is 8.23. The van der Waals surface area contributed by atoms with Gasteiger partial charge in [0.1, 0.15) is 6.33 Å². The molecule has 0 bridgehead atoms. The smallest absolute Gasteiger partial charge is 0.222 e. The van der Waals surface area contributed by atoms with Crippen molar-refractivity contribution < 1.29 is 9.47 Å². The number of fused-ring (bicyclic) bond motifs is 1. The molecule has 2 aromatic carbocycles. The minimum absolute atomic E-state index is 0.0729. The van der Waals surface area contributed by atoms with Gasteiger partial charge in [-0.3, -0.25) is 0 Å². The van der Waals surface area contributed by atoms with Crippen LogP contribution in [-0.4, -0.2) is 29.0 Å². The summed E-state index contributed by atoms with van der Waals surface area (Å²) in [6.45, 7) is 0. The van der Waals surface area contributed by atoms with Gasteiger partial charge in [-0.1, -0.05) is 36.4 Å². The van der Waals surface area contributed by atoms with E-state index < -0.39 is 0 Å². The van der Waals surface area contributed by atoms with Crippen molar-refractivity contribution in [2.75, 3.05) is 19.5 Å². The van der Waals surface area contributed by atoms with Gasteiger partial charge in [0.2, 0.25) is 5.95 Å². The van der Waals surface area contributed by atoms with Crippen LogP contribution in [0.15, 0.2) is 54.9 Å². The second-order valence-corrected chi connectivity index (χ2v) is 6.00. The molecule has 0 radical (unpaired) electrons. The topological polar surface area (TPSA) is 61.2 Å². The molecule has 0 spiro atoms. The van der Waals surface area contributed by atoms with Gasteiger partial charge in [0.25, 0.3) is 0 Å². The van der Waals surface area contributed by atoms with Crippen LogP contribution in [0.2, 0.25) is 0 Å². The van der Waals surface area contributed by atoms with E-state index in [9.17, 15) is 0 Å². The van der Waals surface area contributed by atoms with Gasteiger partial charge >= 0.3 is 0 Å².